The van der Waals surface area contributed by atoms with Crippen LogP contribution in [-0.4, -0.2) is 4.58 Å². The second-order valence-electron chi connectivity index (χ2n) is 5.38. The number of hydrogen-bond donors (Lipinski definition) is 0. The third-order valence-corrected chi connectivity index (χ3v) is 4.27. The van der Waals surface area contributed by atoms with Crippen molar-refractivity contribution >= 4 is 15.9 Å². The molecule has 0 radical (unpaired) electrons. The van der Waals surface area contributed by atoms with Gasteiger partial charge in [-0.1, -0.05) is 64.0 Å². The first-order valence-electron chi connectivity index (χ1n) is 7.51. The van der Waals surface area contributed by atoms with Crippen LogP contribution in [0.25, 0.3) is 0 Å². The van der Waals surface area contributed by atoms with Gasteiger partial charge >= 0.3 is 0 Å². The zero-order chi connectivity index (χ0) is 14.1. The number of halogens is 3. The summed E-state index contributed by atoms with van der Waals surface area (Å²) < 4.78 is 25.5. The Morgan fingerprint density at radius 3 is 2.32 bits per heavy atom. The molecule has 0 saturated heterocycles. The van der Waals surface area contributed by atoms with Gasteiger partial charge in [-0.15, -0.1) is 0 Å². The molecule has 1 aliphatic rings. The lowest BCUT2D eigenvalue weighted by Crippen LogP contribution is -2.17. The second kappa shape index (κ2) is 8.89. The van der Waals surface area contributed by atoms with E-state index in [1.807, 2.05) is 0 Å². The van der Waals surface area contributed by atoms with Crippen molar-refractivity contribution in [3.8, 4) is 0 Å². The van der Waals surface area contributed by atoms with Gasteiger partial charge in [0.1, 0.15) is 0 Å². The molecule has 0 aromatic carbocycles. The Morgan fingerprint density at radius 1 is 1.11 bits per heavy atom. The minimum atomic E-state index is -1.96. The van der Waals surface area contributed by atoms with Crippen molar-refractivity contribution in [3.05, 3.63) is 23.6 Å². The van der Waals surface area contributed by atoms with E-state index in [1.54, 1.807) is 12.2 Å². The Morgan fingerprint density at radius 2 is 1.68 bits per heavy atom. The second-order valence-corrected chi connectivity index (χ2v) is 6.63. The van der Waals surface area contributed by atoms with E-state index in [0.717, 1.165) is 12.8 Å². The van der Waals surface area contributed by atoms with Gasteiger partial charge in [-0.05, 0) is 34.3 Å². The zero-order valence-electron chi connectivity index (χ0n) is 11.9. The minimum Gasteiger partial charge on any atom is -0.223 e. The van der Waals surface area contributed by atoms with Gasteiger partial charge in [0.05, 0.1) is 0 Å². The molecule has 0 fully saturated rings. The van der Waals surface area contributed by atoms with Crippen LogP contribution in [0.15, 0.2) is 23.6 Å². The Kier molecular flexibility index (Phi) is 7.89. The maximum atomic E-state index is 13.7. The maximum absolute atomic E-state index is 13.7. The molecule has 0 nitrogen and oxygen atoms in total. The highest BCUT2D eigenvalue weighted by molar-refractivity contribution is 9.10. The van der Waals surface area contributed by atoms with Gasteiger partial charge in [0.15, 0.2) is 5.83 Å². The molecule has 110 valence electrons. The first-order chi connectivity index (χ1) is 9.08. The highest BCUT2D eigenvalue weighted by atomic mass is 79.9. The number of allylic oxidation sites excluding steroid dienone is 4. The summed E-state index contributed by atoms with van der Waals surface area (Å²) >= 11 is 2.81. The van der Waals surface area contributed by atoms with Crippen molar-refractivity contribution in [1.82, 2.24) is 0 Å². The Bertz CT molecular complexity index is 319. The smallest absolute Gasteiger partial charge is 0.219 e. The number of unbranched alkanes of at least 4 members (excludes halogenated alkanes) is 7. The summed E-state index contributed by atoms with van der Waals surface area (Å²) in [7, 11) is 0. The van der Waals surface area contributed by atoms with Crippen molar-refractivity contribution in [2.75, 3.05) is 0 Å². The van der Waals surface area contributed by atoms with Crippen molar-refractivity contribution < 1.29 is 8.78 Å². The van der Waals surface area contributed by atoms with E-state index in [1.165, 1.54) is 38.5 Å². The normalized spacial score (nSPS) is 23.2. The highest BCUT2D eigenvalue weighted by Gasteiger charge is 2.34. The fourth-order valence-corrected chi connectivity index (χ4v) is 2.83. The third kappa shape index (κ3) is 6.20. The quantitative estimate of drug-likeness (QED) is 0.322. The monoisotopic (exact) mass is 334 g/mol. The molecule has 0 N–H and O–H groups in total. The lowest BCUT2D eigenvalue weighted by molar-refractivity contribution is 0.290. The van der Waals surface area contributed by atoms with Crippen LogP contribution in [0.3, 0.4) is 0 Å². The van der Waals surface area contributed by atoms with Crippen LogP contribution in [-0.2, 0) is 0 Å². The van der Waals surface area contributed by atoms with Gasteiger partial charge in [-0.2, -0.15) is 0 Å². The molecule has 0 saturated carbocycles. The van der Waals surface area contributed by atoms with Crippen LogP contribution >= 0.6 is 15.9 Å². The predicted molar refractivity (Wildman–Crippen MR) is 81.9 cm³/mol. The van der Waals surface area contributed by atoms with Crippen LogP contribution in [0.4, 0.5) is 8.78 Å². The van der Waals surface area contributed by atoms with Gasteiger partial charge in [0.25, 0.3) is 0 Å². The van der Waals surface area contributed by atoms with Crippen LogP contribution in [0.2, 0.25) is 0 Å². The average molecular weight is 335 g/mol. The summed E-state index contributed by atoms with van der Waals surface area (Å²) in [6.45, 7) is 2.22. The van der Waals surface area contributed by atoms with Crippen LogP contribution in [0.1, 0.15) is 71.1 Å². The molecule has 1 unspecified atom stereocenters. The fourth-order valence-electron chi connectivity index (χ4n) is 2.39. The van der Waals surface area contributed by atoms with Crippen LogP contribution in [0.5, 0.6) is 0 Å². The Labute approximate surface area is 124 Å². The molecule has 1 atom stereocenters. The molecule has 3 heteroatoms. The standard InChI is InChI=1S/C16H25BrF2/c1-2-3-4-5-6-7-8-9-11-14-12-10-13-16(17,19)15(14)18/h10,12H,2-9,11,13H2,1H3. The Balaban J connectivity index is 2.14. The summed E-state index contributed by atoms with van der Waals surface area (Å²) in [6.07, 6.45) is 13.9. The first kappa shape index (κ1) is 16.9. The molecule has 0 aromatic heterocycles. The molecule has 0 bridgehead atoms. The number of rotatable bonds is 9. The van der Waals surface area contributed by atoms with Gasteiger partial charge < -0.3 is 0 Å². The molecule has 19 heavy (non-hydrogen) atoms. The van der Waals surface area contributed by atoms with Crippen molar-refractivity contribution in [1.29, 1.82) is 0 Å². The molecule has 0 aliphatic heterocycles. The third-order valence-electron chi connectivity index (χ3n) is 3.60. The van der Waals surface area contributed by atoms with Crippen LogP contribution < -0.4 is 0 Å². The summed E-state index contributed by atoms with van der Waals surface area (Å²) in [5.41, 5.74) is 0.525. The molecular weight excluding hydrogens is 310 g/mol. The molecule has 0 heterocycles. The lowest BCUT2D eigenvalue weighted by atomic mass is 9.98. The molecule has 0 spiro atoms. The lowest BCUT2D eigenvalue weighted by Gasteiger charge is -2.20. The predicted octanol–water partition coefficient (Wildman–Crippen LogP) is 6.76. The van der Waals surface area contributed by atoms with Crippen molar-refractivity contribution in [3.63, 3.8) is 0 Å². The van der Waals surface area contributed by atoms with Crippen LogP contribution in [0, 0.1) is 0 Å². The van der Waals surface area contributed by atoms with E-state index in [4.69, 9.17) is 0 Å². The van der Waals surface area contributed by atoms with E-state index in [0.29, 0.717) is 12.0 Å². The molecule has 0 aromatic rings. The molecule has 1 aliphatic carbocycles. The summed E-state index contributed by atoms with van der Waals surface area (Å²) in [4.78, 5) is 0. The average Bonchev–Trinajstić information content (AvgIpc) is 2.37. The SMILES string of the molecule is CCCCCCCCCCC1=C(F)C(F)(Br)CC=C1. The van der Waals surface area contributed by atoms with Crippen molar-refractivity contribution in [2.24, 2.45) is 0 Å². The Hall–Kier alpha value is -0.180. The molecule has 1 rings (SSSR count). The summed E-state index contributed by atoms with van der Waals surface area (Å²) in [6, 6.07) is 0. The largest absolute Gasteiger partial charge is 0.223 e. The summed E-state index contributed by atoms with van der Waals surface area (Å²) in [5, 5.41) is 0. The van der Waals surface area contributed by atoms with E-state index in [2.05, 4.69) is 22.9 Å². The van der Waals surface area contributed by atoms with Gasteiger partial charge in [-0.25, -0.2) is 8.78 Å². The highest BCUT2D eigenvalue weighted by Crippen LogP contribution is 2.40. The fraction of sp³-hybridized carbons (Fsp3) is 0.750. The minimum absolute atomic E-state index is 0.0831. The maximum Gasteiger partial charge on any atom is 0.219 e. The van der Waals surface area contributed by atoms with E-state index >= 15 is 0 Å². The number of alkyl halides is 2. The van der Waals surface area contributed by atoms with E-state index in [9.17, 15) is 8.78 Å². The molecule has 0 amide bonds. The van der Waals surface area contributed by atoms with E-state index in [-0.39, 0.29) is 6.42 Å². The van der Waals surface area contributed by atoms with Gasteiger partial charge in [0, 0.05) is 6.42 Å². The molecular formula is C16H25BrF2. The zero-order valence-corrected chi connectivity index (χ0v) is 13.4. The van der Waals surface area contributed by atoms with Gasteiger partial charge in [-0.3, -0.25) is 0 Å². The van der Waals surface area contributed by atoms with Crippen molar-refractivity contribution in [2.45, 2.75) is 75.7 Å². The first-order valence-corrected chi connectivity index (χ1v) is 8.30. The van der Waals surface area contributed by atoms with Gasteiger partial charge in [0.2, 0.25) is 4.58 Å². The summed E-state index contributed by atoms with van der Waals surface area (Å²) in [5.74, 6) is -0.627. The topological polar surface area (TPSA) is 0 Å². The number of hydrogen-bond acceptors (Lipinski definition) is 0. The van der Waals surface area contributed by atoms with E-state index < -0.39 is 10.4 Å².